The summed E-state index contributed by atoms with van der Waals surface area (Å²) in [4.78, 5) is 14.0. The van der Waals surface area contributed by atoms with Crippen molar-refractivity contribution in [3.05, 3.63) is 16.8 Å². The SMILES string of the molecule is CN(C)C1CCC(Nc2ncnc3sc4c(c23)C(CCO)CC4)CC1. The quantitative estimate of drug-likeness (QED) is 0.856. The average Bonchev–Trinajstić information content (AvgIpc) is 3.16. The van der Waals surface area contributed by atoms with E-state index in [4.69, 9.17) is 0 Å². The molecule has 2 N–H and O–H groups in total. The third-order valence-corrected chi connectivity index (χ3v) is 7.15. The van der Waals surface area contributed by atoms with Gasteiger partial charge >= 0.3 is 0 Å². The summed E-state index contributed by atoms with van der Waals surface area (Å²) in [5.74, 6) is 1.48. The molecule has 0 spiro atoms. The Morgan fingerprint density at radius 1 is 1.20 bits per heavy atom. The Morgan fingerprint density at radius 2 is 2.00 bits per heavy atom. The Labute approximate surface area is 153 Å². The highest BCUT2D eigenvalue weighted by Gasteiger charge is 2.30. The lowest BCUT2D eigenvalue weighted by Crippen LogP contribution is -2.36. The molecule has 0 saturated heterocycles. The molecule has 25 heavy (non-hydrogen) atoms. The summed E-state index contributed by atoms with van der Waals surface area (Å²) in [5.41, 5.74) is 1.42. The van der Waals surface area contributed by atoms with Crippen LogP contribution in [-0.2, 0) is 6.42 Å². The molecule has 0 amide bonds. The van der Waals surface area contributed by atoms with Crippen LogP contribution in [0.4, 0.5) is 5.82 Å². The molecule has 5 nitrogen and oxygen atoms in total. The summed E-state index contributed by atoms with van der Waals surface area (Å²) in [6.45, 7) is 0.256. The van der Waals surface area contributed by atoms with Crippen molar-refractivity contribution in [1.29, 1.82) is 0 Å². The van der Waals surface area contributed by atoms with E-state index in [0.717, 1.165) is 29.9 Å². The fourth-order valence-corrected chi connectivity index (χ4v) is 5.79. The zero-order valence-corrected chi connectivity index (χ0v) is 16.0. The number of fused-ring (bicyclic) bond motifs is 3. The van der Waals surface area contributed by atoms with Crippen LogP contribution in [0.3, 0.4) is 0 Å². The standard InChI is InChI=1S/C19H28N4OS/c1-23(2)14-6-4-13(5-7-14)22-18-17-16-12(9-10-24)3-8-15(16)25-19(17)21-11-20-18/h11-14,24H,3-10H2,1-2H3,(H,20,21,22). The topological polar surface area (TPSA) is 61.3 Å². The van der Waals surface area contributed by atoms with Crippen LogP contribution in [0.1, 0.15) is 54.9 Å². The minimum Gasteiger partial charge on any atom is -0.396 e. The second kappa shape index (κ2) is 7.17. The van der Waals surface area contributed by atoms with Gasteiger partial charge in [0.1, 0.15) is 17.0 Å². The number of aromatic nitrogens is 2. The summed E-state index contributed by atoms with van der Waals surface area (Å²) >= 11 is 1.82. The number of aryl methyl sites for hydroxylation is 1. The van der Waals surface area contributed by atoms with Crippen LogP contribution in [0.2, 0.25) is 0 Å². The van der Waals surface area contributed by atoms with Crippen LogP contribution >= 0.6 is 11.3 Å². The molecule has 1 atom stereocenters. The number of thiophene rings is 1. The molecule has 2 aliphatic rings. The summed E-state index contributed by atoms with van der Waals surface area (Å²) in [6.07, 6.45) is 9.70. The minimum atomic E-state index is 0.256. The van der Waals surface area contributed by atoms with Gasteiger partial charge in [-0.2, -0.15) is 0 Å². The molecule has 0 bridgehead atoms. The molecule has 2 aromatic heterocycles. The molecule has 0 aliphatic heterocycles. The molecule has 136 valence electrons. The third-order valence-electron chi connectivity index (χ3n) is 5.98. The van der Waals surface area contributed by atoms with Gasteiger partial charge in [0.05, 0.1) is 5.39 Å². The van der Waals surface area contributed by atoms with E-state index in [0.29, 0.717) is 18.0 Å². The van der Waals surface area contributed by atoms with Crippen molar-refractivity contribution >= 4 is 27.4 Å². The first kappa shape index (κ1) is 17.2. The highest BCUT2D eigenvalue weighted by Crippen LogP contribution is 2.46. The summed E-state index contributed by atoms with van der Waals surface area (Å²) in [5, 5.41) is 14.4. The van der Waals surface area contributed by atoms with E-state index in [1.807, 2.05) is 11.3 Å². The Hall–Kier alpha value is -1.24. The van der Waals surface area contributed by atoms with Crippen molar-refractivity contribution in [1.82, 2.24) is 14.9 Å². The van der Waals surface area contributed by atoms with Gasteiger partial charge in [0, 0.05) is 23.6 Å². The fraction of sp³-hybridized carbons (Fsp3) is 0.684. The van der Waals surface area contributed by atoms with Gasteiger partial charge in [0.2, 0.25) is 0 Å². The first-order valence-electron chi connectivity index (χ1n) is 9.47. The Morgan fingerprint density at radius 3 is 2.72 bits per heavy atom. The fourth-order valence-electron chi connectivity index (χ4n) is 4.55. The van der Waals surface area contributed by atoms with Crippen molar-refractivity contribution in [2.24, 2.45) is 0 Å². The van der Waals surface area contributed by atoms with Crippen LogP contribution < -0.4 is 5.32 Å². The first-order chi connectivity index (χ1) is 12.2. The van der Waals surface area contributed by atoms with Crippen LogP contribution in [0, 0.1) is 0 Å². The molecule has 1 unspecified atom stereocenters. The Kier molecular flexibility index (Phi) is 4.93. The number of aliphatic hydroxyl groups is 1. The second-order valence-corrected chi connectivity index (χ2v) is 8.79. The van der Waals surface area contributed by atoms with Gasteiger partial charge in [-0.3, -0.25) is 0 Å². The monoisotopic (exact) mass is 360 g/mol. The van der Waals surface area contributed by atoms with Gasteiger partial charge < -0.3 is 15.3 Å². The smallest absolute Gasteiger partial charge is 0.138 e. The molecule has 0 radical (unpaired) electrons. The van der Waals surface area contributed by atoms with Gasteiger partial charge in [0.15, 0.2) is 0 Å². The van der Waals surface area contributed by atoms with E-state index >= 15 is 0 Å². The molecule has 6 heteroatoms. The van der Waals surface area contributed by atoms with Crippen LogP contribution in [0.5, 0.6) is 0 Å². The van der Waals surface area contributed by atoms with Crippen molar-refractivity contribution in [2.75, 3.05) is 26.0 Å². The van der Waals surface area contributed by atoms with Crippen molar-refractivity contribution in [3.8, 4) is 0 Å². The van der Waals surface area contributed by atoms with Gasteiger partial charge in [0.25, 0.3) is 0 Å². The summed E-state index contributed by atoms with van der Waals surface area (Å²) in [6, 6.07) is 1.21. The predicted molar refractivity (Wildman–Crippen MR) is 104 cm³/mol. The van der Waals surface area contributed by atoms with Crippen molar-refractivity contribution in [3.63, 3.8) is 0 Å². The van der Waals surface area contributed by atoms with Crippen molar-refractivity contribution in [2.45, 2.75) is 62.9 Å². The highest BCUT2D eigenvalue weighted by atomic mass is 32.1. The molecular weight excluding hydrogens is 332 g/mol. The Bertz CT molecular complexity index is 736. The molecule has 2 aliphatic carbocycles. The zero-order valence-electron chi connectivity index (χ0n) is 15.2. The maximum Gasteiger partial charge on any atom is 0.138 e. The minimum absolute atomic E-state index is 0.256. The van der Waals surface area contributed by atoms with Gasteiger partial charge in [-0.25, -0.2) is 9.97 Å². The van der Waals surface area contributed by atoms with Gasteiger partial charge in [-0.15, -0.1) is 11.3 Å². The molecule has 0 aromatic carbocycles. The van der Waals surface area contributed by atoms with E-state index in [9.17, 15) is 5.11 Å². The van der Waals surface area contributed by atoms with E-state index in [-0.39, 0.29) is 6.61 Å². The molecule has 2 heterocycles. The second-order valence-electron chi connectivity index (χ2n) is 7.70. The average molecular weight is 361 g/mol. The number of nitrogens with one attached hydrogen (secondary N) is 1. The predicted octanol–water partition coefficient (Wildman–Crippen LogP) is 3.39. The van der Waals surface area contributed by atoms with E-state index < -0.39 is 0 Å². The van der Waals surface area contributed by atoms with Crippen LogP contribution in [0.25, 0.3) is 10.2 Å². The Balaban J connectivity index is 1.58. The number of rotatable bonds is 5. The molecule has 4 rings (SSSR count). The molecule has 2 aromatic rings. The van der Waals surface area contributed by atoms with E-state index in [1.54, 1.807) is 6.33 Å². The lowest BCUT2D eigenvalue weighted by atomic mass is 9.90. The number of nitrogens with zero attached hydrogens (tertiary/aromatic N) is 3. The summed E-state index contributed by atoms with van der Waals surface area (Å²) in [7, 11) is 4.37. The maximum absolute atomic E-state index is 9.41. The third kappa shape index (κ3) is 3.27. The largest absolute Gasteiger partial charge is 0.396 e. The summed E-state index contributed by atoms with van der Waals surface area (Å²) < 4.78 is 0. The normalized spacial score (nSPS) is 26.3. The van der Waals surface area contributed by atoms with Crippen LogP contribution in [-0.4, -0.2) is 52.8 Å². The molecular formula is C19H28N4OS. The van der Waals surface area contributed by atoms with Crippen molar-refractivity contribution < 1.29 is 5.11 Å². The lowest BCUT2D eigenvalue weighted by Gasteiger charge is -2.33. The highest BCUT2D eigenvalue weighted by molar-refractivity contribution is 7.19. The molecule has 1 saturated carbocycles. The van der Waals surface area contributed by atoms with Gasteiger partial charge in [-0.1, -0.05) is 0 Å². The van der Waals surface area contributed by atoms with E-state index in [1.165, 1.54) is 41.5 Å². The number of anilines is 1. The first-order valence-corrected chi connectivity index (χ1v) is 10.3. The number of aliphatic hydroxyl groups excluding tert-OH is 1. The number of hydrogen-bond donors (Lipinski definition) is 2. The van der Waals surface area contributed by atoms with E-state index in [2.05, 4.69) is 34.3 Å². The molecule has 1 fully saturated rings. The van der Waals surface area contributed by atoms with Crippen LogP contribution in [0.15, 0.2) is 6.33 Å². The maximum atomic E-state index is 9.41. The van der Waals surface area contributed by atoms with Gasteiger partial charge in [-0.05, 0) is 70.5 Å². The zero-order chi connectivity index (χ0) is 17.4. The lowest BCUT2D eigenvalue weighted by molar-refractivity contribution is 0.221. The number of hydrogen-bond acceptors (Lipinski definition) is 6.